The van der Waals surface area contributed by atoms with E-state index in [1.54, 1.807) is 25.1 Å². The summed E-state index contributed by atoms with van der Waals surface area (Å²) in [6.45, 7) is 1.38. The number of carbonyl (C=O) groups excluding carboxylic acids is 4. The van der Waals surface area contributed by atoms with Gasteiger partial charge >= 0.3 is 6.09 Å². The molecule has 1 unspecified atom stereocenters. The number of alkyl halides is 2. The maximum absolute atomic E-state index is 14.8. The van der Waals surface area contributed by atoms with E-state index in [0.717, 1.165) is 32.1 Å². The van der Waals surface area contributed by atoms with Crippen molar-refractivity contribution in [3.05, 3.63) is 41.6 Å². The van der Waals surface area contributed by atoms with E-state index in [4.69, 9.17) is 14.2 Å². The summed E-state index contributed by atoms with van der Waals surface area (Å²) in [4.78, 5) is 62.5. The Labute approximate surface area is 341 Å². The quantitative estimate of drug-likeness (QED) is 0.316. The summed E-state index contributed by atoms with van der Waals surface area (Å²) in [6.07, 6.45) is 6.79. The van der Waals surface area contributed by atoms with Crippen LogP contribution in [0.3, 0.4) is 0 Å². The van der Waals surface area contributed by atoms with Gasteiger partial charge in [0.1, 0.15) is 40.8 Å². The van der Waals surface area contributed by atoms with Crippen molar-refractivity contribution in [2.24, 2.45) is 17.8 Å². The number of pyridine rings is 1. The van der Waals surface area contributed by atoms with Gasteiger partial charge in [0.25, 0.3) is 12.3 Å². The summed E-state index contributed by atoms with van der Waals surface area (Å²) < 4.78 is 74.9. The lowest BCUT2D eigenvalue weighted by atomic mass is 9.87. The smallest absolute Gasteiger partial charge is 0.408 e. The molecule has 1 spiro atoms. The first-order valence-electron chi connectivity index (χ1n) is 20.9. The highest BCUT2D eigenvalue weighted by Gasteiger charge is 2.64. The molecule has 318 valence electrons. The van der Waals surface area contributed by atoms with Gasteiger partial charge in [-0.1, -0.05) is 25.0 Å². The largest absolute Gasteiger partial charge is 0.497 e. The molecule has 3 N–H and O–H groups in total. The van der Waals surface area contributed by atoms with Crippen LogP contribution in [-0.2, 0) is 35.6 Å². The minimum atomic E-state index is -4.05. The Balaban J connectivity index is 1.05. The molecule has 8 atom stereocenters. The van der Waals surface area contributed by atoms with Crippen LogP contribution in [0.2, 0.25) is 0 Å². The Hall–Kier alpha value is -4.54. The van der Waals surface area contributed by atoms with Crippen molar-refractivity contribution in [1.29, 1.82) is 0 Å². The monoisotopic (exact) mass is 839 g/mol. The van der Waals surface area contributed by atoms with Crippen LogP contribution in [0.4, 0.5) is 13.6 Å². The van der Waals surface area contributed by atoms with E-state index in [1.165, 1.54) is 12.0 Å². The molecule has 0 bridgehead atoms. The van der Waals surface area contributed by atoms with Gasteiger partial charge in [0.05, 0.1) is 23.9 Å². The number of amides is 4. The van der Waals surface area contributed by atoms with Gasteiger partial charge in [0.2, 0.25) is 21.8 Å². The number of benzene rings is 1. The number of alkyl carbamates (subject to hydrolysis) is 1. The average Bonchev–Trinajstić information content (AvgIpc) is 4.16. The molecular formula is C42H51F2N5O9S. The Bertz CT molecular complexity index is 2230. The fourth-order valence-corrected chi connectivity index (χ4v) is 11.2. The van der Waals surface area contributed by atoms with Gasteiger partial charge in [0, 0.05) is 23.3 Å². The Morgan fingerprint density at radius 2 is 1.85 bits per heavy atom. The van der Waals surface area contributed by atoms with Crippen LogP contribution in [0.5, 0.6) is 11.5 Å². The molecule has 17 heteroatoms. The van der Waals surface area contributed by atoms with Gasteiger partial charge in [-0.05, 0) is 108 Å². The lowest BCUT2D eigenvalue weighted by Crippen LogP contribution is -2.58. The Morgan fingerprint density at radius 3 is 2.58 bits per heavy atom. The van der Waals surface area contributed by atoms with Gasteiger partial charge in [-0.2, -0.15) is 0 Å². The SMILES string of the molecule is COc1ccc2nc(C(F)F)c3c(c2c1)CC[C@]1(C[C@H]2C(=O)N[C@]4(C(=O)NS(=O)(=O)C5(C)CC5)C[C@H]4/C=C\CCCCC[C@H](NC(=O)OC4C[C@@H]5C[C@@H]5C4)C(=O)N2C1)O3. The number of hydrogen-bond donors (Lipinski definition) is 3. The lowest BCUT2D eigenvalue weighted by molar-refractivity contribution is -0.141. The fourth-order valence-electron chi connectivity index (χ4n) is 9.89. The number of nitrogens with zero attached hydrogens (tertiary/aromatic N) is 2. The Morgan fingerprint density at radius 1 is 1.07 bits per heavy atom. The maximum atomic E-state index is 14.8. The summed E-state index contributed by atoms with van der Waals surface area (Å²) in [5.41, 5.74) is -2.64. The first-order chi connectivity index (χ1) is 28.1. The predicted octanol–water partition coefficient (Wildman–Crippen LogP) is 5.13. The molecule has 1 aromatic heterocycles. The first kappa shape index (κ1) is 39.9. The Kier molecular flexibility index (Phi) is 9.86. The standard InChI is InChI=1S/C42H51F2N5O9S/c1-40(14-15-40)59(54,55)48-38(52)42-20-25(42)8-6-4-3-5-7-9-31(46-39(53)57-27-17-23-16-24(23)18-27)37(51)49-22-41(21-32(49)36(50)47-42)13-12-28-29-19-26(56-2)10-11-30(29)45-33(35(43)44)34(28)58-41/h6,8,10-11,19,23-25,27,31-32,35H,3-5,7,9,12-18,20-22H2,1-2H3,(H,46,53)(H,47,50)(H,48,52)/b8-6-/t23-,24+,25-,27?,31+,32+,41-,42-/m1/s1. The molecule has 14 nitrogen and oxygen atoms in total. The molecule has 1 saturated heterocycles. The number of methoxy groups -OCH3 is 1. The number of fused-ring (bicyclic) bond motifs is 6. The van der Waals surface area contributed by atoms with Crippen LogP contribution in [0.15, 0.2) is 30.4 Å². The normalized spacial score (nSPS) is 33.9. The number of allylic oxidation sites excluding steroid dienone is 1. The van der Waals surface area contributed by atoms with Crippen molar-refractivity contribution in [3.8, 4) is 11.5 Å². The van der Waals surface area contributed by atoms with Gasteiger partial charge in [-0.25, -0.2) is 27.0 Å². The third-order valence-electron chi connectivity index (χ3n) is 14.0. The number of nitrogens with one attached hydrogen (secondary N) is 3. The second-order valence-electron chi connectivity index (χ2n) is 18.1. The minimum Gasteiger partial charge on any atom is -0.497 e. The van der Waals surface area contributed by atoms with Crippen molar-refractivity contribution in [1.82, 2.24) is 25.2 Å². The summed E-state index contributed by atoms with van der Waals surface area (Å²) in [5.74, 6) is -1.12. The summed E-state index contributed by atoms with van der Waals surface area (Å²) in [5, 5.41) is 6.26. The van der Waals surface area contributed by atoms with Crippen LogP contribution < -0.4 is 24.8 Å². The number of rotatable bonds is 7. The van der Waals surface area contributed by atoms with Crippen LogP contribution in [-0.4, -0.2) is 89.8 Å². The second-order valence-corrected chi connectivity index (χ2v) is 20.3. The number of halogens is 2. The van der Waals surface area contributed by atoms with E-state index >= 15 is 0 Å². The molecular weight excluding hydrogens is 789 g/mol. The van der Waals surface area contributed by atoms with Crippen molar-refractivity contribution in [3.63, 3.8) is 0 Å². The predicted molar refractivity (Wildman–Crippen MR) is 209 cm³/mol. The molecule has 3 aliphatic heterocycles. The third-order valence-corrected chi connectivity index (χ3v) is 16.2. The zero-order valence-electron chi connectivity index (χ0n) is 33.3. The van der Waals surface area contributed by atoms with Crippen molar-refractivity contribution in [2.45, 2.75) is 137 Å². The van der Waals surface area contributed by atoms with Gasteiger partial charge in [0.15, 0.2) is 5.75 Å². The molecule has 5 fully saturated rings. The molecule has 4 saturated carbocycles. The van der Waals surface area contributed by atoms with Crippen LogP contribution >= 0.6 is 0 Å². The zero-order valence-corrected chi connectivity index (χ0v) is 34.1. The number of aromatic nitrogens is 1. The number of ether oxygens (including phenoxy) is 3. The topological polar surface area (TPSA) is 182 Å². The molecule has 7 aliphatic rings. The van der Waals surface area contributed by atoms with E-state index in [-0.39, 0.29) is 50.5 Å². The van der Waals surface area contributed by atoms with E-state index in [1.807, 2.05) is 12.2 Å². The summed E-state index contributed by atoms with van der Waals surface area (Å²) >= 11 is 0. The number of carbonyl (C=O) groups is 4. The third kappa shape index (κ3) is 7.38. The molecule has 1 aromatic carbocycles. The minimum absolute atomic E-state index is 0.113. The zero-order chi connectivity index (χ0) is 41.5. The maximum Gasteiger partial charge on any atom is 0.408 e. The number of aryl methyl sites for hydroxylation is 1. The fraction of sp³-hybridized carbons (Fsp3) is 0.643. The van der Waals surface area contributed by atoms with E-state index < -0.39 is 79.8 Å². The van der Waals surface area contributed by atoms with E-state index in [0.29, 0.717) is 59.7 Å². The molecule has 9 rings (SSSR count). The highest BCUT2D eigenvalue weighted by atomic mass is 32.2. The first-order valence-corrected chi connectivity index (χ1v) is 22.4. The van der Waals surface area contributed by atoms with Gasteiger partial charge in [-0.3, -0.25) is 19.1 Å². The van der Waals surface area contributed by atoms with Crippen molar-refractivity contribution >= 4 is 44.7 Å². The number of sulfonamides is 1. The molecule has 4 amide bonds. The van der Waals surface area contributed by atoms with Crippen molar-refractivity contribution < 1.29 is 50.6 Å². The average molecular weight is 840 g/mol. The lowest BCUT2D eigenvalue weighted by Gasteiger charge is -2.37. The van der Waals surface area contributed by atoms with E-state index in [2.05, 4.69) is 20.3 Å². The molecule has 59 heavy (non-hydrogen) atoms. The molecule has 2 aromatic rings. The van der Waals surface area contributed by atoms with Gasteiger partial charge in [-0.15, -0.1) is 0 Å². The van der Waals surface area contributed by atoms with Gasteiger partial charge < -0.3 is 29.7 Å². The van der Waals surface area contributed by atoms with Crippen LogP contribution in [0, 0.1) is 17.8 Å². The number of hydrogen-bond acceptors (Lipinski definition) is 10. The molecule has 0 radical (unpaired) electrons. The summed E-state index contributed by atoms with van der Waals surface area (Å²) in [6, 6.07) is 2.61. The van der Waals surface area contributed by atoms with Crippen LogP contribution in [0.1, 0.15) is 108 Å². The summed E-state index contributed by atoms with van der Waals surface area (Å²) in [7, 11) is -2.55. The van der Waals surface area contributed by atoms with E-state index in [9.17, 15) is 36.4 Å². The van der Waals surface area contributed by atoms with Crippen LogP contribution in [0.25, 0.3) is 10.9 Å². The second kappa shape index (κ2) is 14.6. The van der Waals surface area contributed by atoms with Crippen molar-refractivity contribution in [2.75, 3.05) is 13.7 Å². The molecule has 4 aliphatic carbocycles. The highest BCUT2D eigenvalue weighted by Crippen LogP contribution is 2.53. The molecule has 4 heterocycles. The highest BCUT2D eigenvalue weighted by molar-refractivity contribution is 7.91.